The Balaban J connectivity index is 1.65. The standard InChI is InChI=1S/C18H18FN5O3/c1-26-7-6-24-16-4-5-23(18(25)14-3-2-12(19)8-20-14)9-13(16)17(22-24)15-10-27-11-21-15/h2-3,8,10-11H,4-7,9H2,1H3. The summed E-state index contributed by atoms with van der Waals surface area (Å²) in [7, 11) is 1.64. The number of hydrogen-bond acceptors (Lipinski definition) is 6. The zero-order valence-corrected chi connectivity index (χ0v) is 14.8. The number of nitrogens with zero attached hydrogens (tertiary/aromatic N) is 5. The van der Waals surface area contributed by atoms with Gasteiger partial charge in [-0.2, -0.15) is 5.10 Å². The molecule has 1 aliphatic heterocycles. The van der Waals surface area contributed by atoms with Crippen molar-refractivity contribution in [1.82, 2.24) is 24.6 Å². The SMILES string of the molecule is COCCn1nc(-c2cocn2)c2c1CCN(C(=O)c1ccc(F)cn1)C2. The summed E-state index contributed by atoms with van der Waals surface area (Å²) in [5, 5.41) is 4.66. The molecule has 3 aromatic rings. The van der Waals surface area contributed by atoms with Crippen molar-refractivity contribution >= 4 is 5.91 Å². The molecule has 3 aromatic heterocycles. The smallest absolute Gasteiger partial charge is 0.272 e. The number of fused-ring (bicyclic) bond motifs is 1. The van der Waals surface area contributed by atoms with Crippen molar-refractivity contribution in [2.45, 2.75) is 19.5 Å². The quantitative estimate of drug-likeness (QED) is 0.681. The van der Waals surface area contributed by atoms with Gasteiger partial charge in [-0.05, 0) is 12.1 Å². The summed E-state index contributed by atoms with van der Waals surface area (Å²) in [6.07, 6.45) is 4.58. The molecular formula is C18H18FN5O3. The number of carbonyl (C=O) groups is 1. The maximum absolute atomic E-state index is 13.1. The van der Waals surface area contributed by atoms with Gasteiger partial charge in [0.2, 0.25) is 0 Å². The lowest BCUT2D eigenvalue weighted by Crippen LogP contribution is -2.37. The Labute approximate surface area is 154 Å². The molecule has 8 nitrogen and oxygen atoms in total. The number of carbonyl (C=O) groups excluding carboxylic acids is 1. The summed E-state index contributed by atoms with van der Waals surface area (Å²) in [5.74, 6) is -0.711. The Hall–Kier alpha value is -3.07. The highest BCUT2D eigenvalue weighted by Gasteiger charge is 2.29. The van der Waals surface area contributed by atoms with E-state index in [1.807, 2.05) is 4.68 Å². The third kappa shape index (κ3) is 3.33. The fourth-order valence-corrected chi connectivity index (χ4v) is 3.23. The van der Waals surface area contributed by atoms with Gasteiger partial charge in [0.05, 0.1) is 25.9 Å². The number of pyridine rings is 1. The van der Waals surface area contributed by atoms with Crippen LogP contribution in [0.2, 0.25) is 0 Å². The number of aromatic nitrogens is 4. The molecule has 4 rings (SSSR count). The summed E-state index contributed by atoms with van der Waals surface area (Å²) in [4.78, 5) is 22.5. The first-order valence-electron chi connectivity index (χ1n) is 8.54. The lowest BCUT2D eigenvalue weighted by atomic mass is 10.0. The summed E-state index contributed by atoms with van der Waals surface area (Å²) in [6, 6.07) is 2.63. The largest absolute Gasteiger partial charge is 0.451 e. The lowest BCUT2D eigenvalue weighted by Gasteiger charge is -2.27. The Morgan fingerprint density at radius 3 is 2.96 bits per heavy atom. The van der Waals surface area contributed by atoms with Gasteiger partial charge in [0.25, 0.3) is 5.91 Å². The molecule has 1 aliphatic rings. The molecule has 0 aromatic carbocycles. The number of amides is 1. The van der Waals surface area contributed by atoms with E-state index in [-0.39, 0.29) is 11.6 Å². The summed E-state index contributed by atoms with van der Waals surface area (Å²) in [5.41, 5.74) is 3.52. The lowest BCUT2D eigenvalue weighted by molar-refractivity contribution is 0.0727. The van der Waals surface area contributed by atoms with Gasteiger partial charge in [-0.3, -0.25) is 9.48 Å². The average molecular weight is 371 g/mol. The van der Waals surface area contributed by atoms with Crippen LogP contribution < -0.4 is 0 Å². The molecule has 0 saturated carbocycles. The second kappa shape index (κ2) is 7.28. The van der Waals surface area contributed by atoms with Crippen LogP contribution in [0.5, 0.6) is 0 Å². The van der Waals surface area contributed by atoms with Gasteiger partial charge in [-0.25, -0.2) is 14.4 Å². The van der Waals surface area contributed by atoms with Crippen LogP contribution in [0, 0.1) is 5.82 Å². The van der Waals surface area contributed by atoms with Crippen LogP contribution in [0.15, 0.2) is 35.4 Å². The minimum Gasteiger partial charge on any atom is -0.451 e. The highest BCUT2D eigenvalue weighted by molar-refractivity contribution is 5.92. The van der Waals surface area contributed by atoms with Gasteiger partial charge in [-0.15, -0.1) is 0 Å². The van der Waals surface area contributed by atoms with Crippen molar-refractivity contribution in [1.29, 1.82) is 0 Å². The number of halogens is 1. The predicted octanol–water partition coefficient (Wildman–Crippen LogP) is 1.92. The van der Waals surface area contributed by atoms with Crippen molar-refractivity contribution in [2.75, 3.05) is 20.3 Å². The van der Waals surface area contributed by atoms with Gasteiger partial charge in [0.1, 0.15) is 29.2 Å². The van der Waals surface area contributed by atoms with Crippen LogP contribution in [0.1, 0.15) is 21.7 Å². The van der Waals surface area contributed by atoms with Gasteiger partial charge in [-0.1, -0.05) is 0 Å². The molecule has 4 heterocycles. The number of ether oxygens (including phenoxy) is 1. The van der Waals surface area contributed by atoms with Crippen LogP contribution in [-0.4, -0.2) is 50.8 Å². The second-order valence-electron chi connectivity index (χ2n) is 6.20. The maximum atomic E-state index is 13.1. The topological polar surface area (TPSA) is 86.3 Å². The van der Waals surface area contributed by atoms with Crippen LogP contribution >= 0.6 is 0 Å². The van der Waals surface area contributed by atoms with Gasteiger partial charge < -0.3 is 14.1 Å². The van der Waals surface area contributed by atoms with Crippen molar-refractivity contribution in [3.05, 3.63) is 53.8 Å². The maximum Gasteiger partial charge on any atom is 0.272 e. The third-order valence-corrected chi connectivity index (χ3v) is 4.55. The second-order valence-corrected chi connectivity index (χ2v) is 6.20. The van der Waals surface area contributed by atoms with E-state index in [9.17, 15) is 9.18 Å². The number of methoxy groups -OCH3 is 1. The summed E-state index contributed by atoms with van der Waals surface area (Å²) in [6.45, 7) is 2.06. The van der Waals surface area contributed by atoms with Gasteiger partial charge >= 0.3 is 0 Å². The van der Waals surface area contributed by atoms with Crippen LogP contribution in [0.3, 0.4) is 0 Å². The molecular weight excluding hydrogens is 353 g/mol. The predicted molar refractivity (Wildman–Crippen MR) is 92.2 cm³/mol. The molecule has 0 N–H and O–H groups in total. The van der Waals surface area contributed by atoms with Crippen LogP contribution in [-0.2, 0) is 24.2 Å². The zero-order valence-electron chi connectivity index (χ0n) is 14.8. The Bertz CT molecular complexity index is 937. The molecule has 0 atom stereocenters. The number of hydrogen-bond donors (Lipinski definition) is 0. The van der Waals surface area contributed by atoms with Crippen molar-refractivity contribution in [3.8, 4) is 11.4 Å². The molecule has 0 saturated heterocycles. The number of rotatable bonds is 5. The Morgan fingerprint density at radius 1 is 1.37 bits per heavy atom. The molecule has 27 heavy (non-hydrogen) atoms. The van der Waals surface area contributed by atoms with Crippen LogP contribution in [0.4, 0.5) is 4.39 Å². The fourth-order valence-electron chi connectivity index (χ4n) is 3.23. The van der Waals surface area contributed by atoms with Crippen LogP contribution in [0.25, 0.3) is 11.4 Å². The molecule has 0 fully saturated rings. The molecule has 9 heteroatoms. The number of oxazole rings is 1. The van der Waals surface area contributed by atoms with Crippen molar-refractivity contribution in [3.63, 3.8) is 0 Å². The van der Waals surface area contributed by atoms with E-state index in [0.717, 1.165) is 17.5 Å². The van der Waals surface area contributed by atoms with Crippen molar-refractivity contribution < 1.29 is 18.3 Å². The molecule has 0 bridgehead atoms. The zero-order chi connectivity index (χ0) is 18.8. The molecule has 0 radical (unpaired) electrons. The molecule has 0 aliphatic carbocycles. The van der Waals surface area contributed by atoms with Crippen molar-refractivity contribution in [2.24, 2.45) is 0 Å². The third-order valence-electron chi connectivity index (χ3n) is 4.55. The Kier molecular flexibility index (Phi) is 4.68. The first-order chi connectivity index (χ1) is 13.2. The highest BCUT2D eigenvalue weighted by atomic mass is 19.1. The molecule has 1 amide bonds. The van der Waals surface area contributed by atoms with E-state index in [4.69, 9.17) is 9.15 Å². The van der Waals surface area contributed by atoms with Gasteiger partial charge in [0.15, 0.2) is 6.39 Å². The first kappa shape index (κ1) is 17.3. The molecule has 0 spiro atoms. The monoisotopic (exact) mass is 371 g/mol. The molecule has 140 valence electrons. The minimum atomic E-state index is -0.472. The normalized spacial score (nSPS) is 13.6. The van der Waals surface area contributed by atoms with E-state index in [2.05, 4.69) is 15.1 Å². The fraction of sp³-hybridized carbons (Fsp3) is 0.333. The molecule has 0 unspecified atom stereocenters. The minimum absolute atomic E-state index is 0.217. The Morgan fingerprint density at radius 2 is 2.26 bits per heavy atom. The first-order valence-corrected chi connectivity index (χ1v) is 8.54. The average Bonchev–Trinajstić information content (AvgIpc) is 3.34. The van der Waals surface area contributed by atoms with E-state index < -0.39 is 5.82 Å². The van der Waals surface area contributed by atoms with E-state index >= 15 is 0 Å². The van der Waals surface area contributed by atoms with E-state index in [1.165, 1.54) is 24.8 Å². The summed E-state index contributed by atoms with van der Waals surface area (Å²) < 4.78 is 25.2. The van der Waals surface area contributed by atoms with Gasteiger partial charge in [0, 0.05) is 31.3 Å². The summed E-state index contributed by atoms with van der Waals surface area (Å²) >= 11 is 0. The highest BCUT2D eigenvalue weighted by Crippen LogP contribution is 2.29. The van der Waals surface area contributed by atoms with E-state index in [0.29, 0.717) is 44.0 Å². The van der Waals surface area contributed by atoms with E-state index in [1.54, 1.807) is 12.0 Å².